The maximum Gasteiger partial charge on any atom is 0.422 e. The van der Waals surface area contributed by atoms with Gasteiger partial charge >= 0.3 is 17.1 Å². The first-order chi connectivity index (χ1) is 6.24. The molecular weight excluding hydrogens is 256 g/mol. The molecule has 1 saturated heterocycles. The van der Waals surface area contributed by atoms with Crippen LogP contribution in [-0.4, -0.2) is 37.0 Å². The highest BCUT2D eigenvalue weighted by Gasteiger charge is 2.84. The van der Waals surface area contributed by atoms with Crippen LogP contribution >= 0.6 is 0 Å². The third-order valence-electron chi connectivity index (χ3n) is 1.84. The zero-order valence-corrected chi connectivity index (χ0v) is 7.50. The van der Waals surface area contributed by atoms with Crippen LogP contribution in [0.1, 0.15) is 0 Å². The highest BCUT2D eigenvalue weighted by atomic mass is 32.3. The Kier molecular flexibility index (Phi) is 2.09. The molecule has 92 valence electrons. The van der Waals surface area contributed by atoms with E-state index in [-0.39, 0.29) is 0 Å². The maximum atomic E-state index is 12.6. The lowest BCUT2D eigenvalue weighted by atomic mass is 10.2. The summed E-state index contributed by atoms with van der Waals surface area (Å²) >= 11 is 0. The first-order valence-corrected chi connectivity index (χ1v) is 5.16. The zero-order valence-electron chi connectivity index (χ0n) is 6.69. The summed E-state index contributed by atoms with van der Waals surface area (Å²) in [5, 5.41) is -6.19. The summed E-state index contributed by atoms with van der Waals surface area (Å²) in [5.41, 5.74) is 0. The second kappa shape index (κ2) is 2.47. The highest BCUT2D eigenvalue weighted by Crippen LogP contribution is 2.55. The van der Waals surface area contributed by atoms with E-state index in [4.69, 9.17) is 9.11 Å². The summed E-state index contributed by atoms with van der Waals surface area (Å²) < 4.78 is 103. The van der Waals surface area contributed by atoms with Gasteiger partial charge in [-0.2, -0.15) is 26.3 Å². The maximum absolute atomic E-state index is 12.6. The first-order valence-electron chi connectivity index (χ1n) is 3.28. The molecule has 0 aromatic rings. The molecule has 0 saturated carbocycles. The molecule has 1 rings (SSSR count). The molecule has 1 fully saturated rings. The van der Waals surface area contributed by atoms with Crippen molar-refractivity contribution in [2.24, 2.45) is 0 Å². The van der Waals surface area contributed by atoms with Crippen molar-refractivity contribution in [2.45, 2.75) is 17.1 Å². The molecule has 0 aromatic heterocycles. The van der Waals surface area contributed by atoms with E-state index >= 15 is 0 Å². The van der Waals surface area contributed by atoms with Gasteiger partial charge in [-0.15, -0.1) is 0 Å². The average molecular weight is 261 g/mol. The molecule has 11 heteroatoms. The third kappa shape index (κ3) is 1.30. The number of alkyl halides is 6. The van der Waals surface area contributed by atoms with Crippen LogP contribution in [0.15, 0.2) is 0 Å². The molecule has 0 unspecified atom stereocenters. The first kappa shape index (κ1) is 12.7. The van der Waals surface area contributed by atoms with Gasteiger partial charge in [0.2, 0.25) is 9.81 Å². The van der Waals surface area contributed by atoms with E-state index in [1.165, 1.54) is 0 Å². The number of rotatable bonds is 0. The zero-order chi connectivity index (χ0) is 12.4. The van der Waals surface area contributed by atoms with Gasteiger partial charge in [-0.3, -0.25) is 9.11 Å². The molecule has 0 atom stereocenters. The molecule has 0 aliphatic carbocycles. The standard InChI is InChI=1S/C4H5F6NO3S/c5-2(6)1-11-15(12,13,14)4(9,10)3(2,7)8/h1H2,(H3,11,12,13,14). The lowest BCUT2D eigenvalue weighted by Crippen LogP contribution is -2.77. The molecule has 0 bridgehead atoms. The van der Waals surface area contributed by atoms with Gasteiger partial charge in [0.25, 0.3) is 0 Å². The van der Waals surface area contributed by atoms with Crippen LogP contribution in [0.4, 0.5) is 26.3 Å². The second-order valence-corrected chi connectivity index (χ2v) is 5.51. The van der Waals surface area contributed by atoms with Gasteiger partial charge in [0.15, 0.2) is 0 Å². The molecule has 3 N–H and O–H groups in total. The van der Waals surface area contributed by atoms with E-state index in [9.17, 15) is 30.6 Å². The Bertz CT molecular complexity index is 361. The van der Waals surface area contributed by atoms with Crippen LogP contribution < -0.4 is 4.72 Å². The molecule has 0 spiro atoms. The van der Waals surface area contributed by atoms with E-state index < -0.39 is 33.5 Å². The van der Waals surface area contributed by atoms with Crippen LogP contribution in [0.25, 0.3) is 0 Å². The quantitative estimate of drug-likeness (QED) is 0.572. The fourth-order valence-electron chi connectivity index (χ4n) is 0.866. The molecule has 1 heterocycles. The van der Waals surface area contributed by atoms with E-state index in [0.717, 1.165) is 0 Å². The van der Waals surface area contributed by atoms with Gasteiger partial charge in [-0.1, -0.05) is 0 Å². The molecule has 0 radical (unpaired) electrons. The Morgan fingerprint density at radius 3 is 1.80 bits per heavy atom. The van der Waals surface area contributed by atoms with Crippen LogP contribution in [0.3, 0.4) is 0 Å². The minimum absolute atomic E-state index is 0.455. The van der Waals surface area contributed by atoms with Crippen LogP contribution in [-0.2, 0) is 9.81 Å². The van der Waals surface area contributed by atoms with Crippen molar-refractivity contribution in [3.63, 3.8) is 0 Å². The lowest BCUT2D eigenvalue weighted by molar-refractivity contribution is -0.288. The predicted octanol–water partition coefficient (Wildman–Crippen LogP) is 1.13. The largest absolute Gasteiger partial charge is 0.422 e. The Labute approximate surface area is 78.8 Å². The summed E-state index contributed by atoms with van der Waals surface area (Å²) in [7, 11) is -7.32. The highest BCUT2D eigenvalue weighted by molar-refractivity contribution is 8.09. The number of hydrogen-bond acceptors (Lipinski definition) is 1. The summed E-state index contributed by atoms with van der Waals surface area (Å²) in [6.07, 6.45) is 0. The SMILES string of the molecule is O=S1(O)(O)NCC(F)(F)C(F)(F)C1(F)F. The van der Waals surface area contributed by atoms with Crippen molar-refractivity contribution in [3.8, 4) is 0 Å². The smallest absolute Gasteiger partial charge is 0.292 e. The normalized spacial score (nSPS) is 37.5. The van der Waals surface area contributed by atoms with Crippen LogP contribution in [0, 0.1) is 0 Å². The van der Waals surface area contributed by atoms with Gasteiger partial charge < -0.3 is 0 Å². The summed E-state index contributed by atoms with van der Waals surface area (Å²) in [6, 6.07) is 0. The minimum Gasteiger partial charge on any atom is -0.292 e. The number of halogens is 6. The van der Waals surface area contributed by atoms with Crippen LogP contribution in [0.2, 0.25) is 0 Å². The van der Waals surface area contributed by atoms with Gasteiger partial charge in [0.05, 0.1) is 6.54 Å². The average Bonchev–Trinajstić information content (AvgIpc) is 1.98. The molecule has 0 amide bonds. The summed E-state index contributed by atoms with van der Waals surface area (Å²) in [4.78, 5) is 0. The topological polar surface area (TPSA) is 69.6 Å². The minimum atomic E-state index is -7.32. The fourth-order valence-corrected chi connectivity index (χ4v) is 2.10. The molecular formula is C4H5F6NO3S. The van der Waals surface area contributed by atoms with Crippen molar-refractivity contribution in [1.82, 2.24) is 4.72 Å². The van der Waals surface area contributed by atoms with Crippen molar-refractivity contribution in [1.29, 1.82) is 0 Å². The Hall–Kier alpha value is -0.390. The molecule has 1 aliphatic heterocycles. The van der Waals surface area contributed by atoms with Crippen LogP contribution in [0.5, 0.6) is 0 Å². The Morgan fingerprint density at radius 1 is 1.07 bits per heavy atom. The summed E-state index contributed by atoms with van der Waals surface area (Å²) in [6.45, 7) is -2.24. The summed E-state index contributed by atoms with van der Waals surface area (Å²) in [5.74, 6) is -11.4. The third-order valence-corrected chi connectivity index (χ3v) is 3.69. The van der Waals surface area contributed by atoms with E-state index in [1.807, 2.05) is 0 Å². The van der Waals surface area contributed by atoms with E-state index in [2.05, 4.69) is 0 Å². The Balaban J connectivity index is 3.42. The van der Waals surface area contributed by atoms with Crippen molar-refractivity contribution in [2.75, 3.05) is 6.54 Å². The predicted molar refractivity (Wildman–Crippen MR) is 36.2 cm³/mol. The second-order valence-electron chi connectivity index (χ2n) is 2.98. The monoisotopic (exact) mass is 261 g/mol. The van der Waals surface area contributed by atoms with Crippen molar-refractivity contribution < 1.29 is 39.7 Å². The van der Waals surface area contributed by atoms with Gasteiger partial charge in [-0.25, -0.2) is 8.93 Å². The Morgan fingerprint density at radius 2 is 1.47 bits per heavy atom. The van der Waals surface area contributed by atoms with Gasteiger partial charge in [0, 0.05) is 0 Å². The molecule has 0 aromatic carbocycles. The molecule has 4 nitrogen and oxygen atoms in total. The fraction of sp³-hybridized carbons (Fsp3) is 1.00. The lowest BCUT2D eigenvalue weighted by Gasteiger charge is -2.48. The number of hydrogen-bond donors (Lipinski definition) is 3. The van der Waals surface area contributed by atoms with E-state index in [1.54, 1.807) is 0 Å². The van der Waals surface area contributed by atoms with Gasteiger partial charge in [-0.05, 0) is 0 Å². The van der Waals surface area contributed by atoms with E-state index in [0.29, 0.717) is 4.72 Å². The molecule has 15 heavy (non-hydrogen) atoms. The molecule has 1 aliphatic rings. The number of nitrogens with one attached hydrogen (secondary N) is 1. The van der Waals surface area contributed by atoms with Crippen molar-refractivity contribution >= 4 is 9.81 Å². The van der Waals surface area contributed by atoms with Gasteiger partial charge in [0.1, 0.15) is 0 Å². The van der Waals surface area contributed by atoms with Crippen molar-refractivity contribution in [3.05, 3.63) is 0 Å².